The van der Waals surface area contributed by atoms with Gasteiger partial charge in [-0.15, -0.1) is 0 Å². The predicted molar refractivity (Wildman–Crippen MR) is 96.9 cm³/mol. The first-order chi connectivity index (χ1) is 12.0. The maximum Gasteiger partial charge on any atom is 0.273 e. The molecule has 0 aliphatic carbocycles. The van der Waals surface area contributed by atoms with Gasteiger partial charge in [0.1, 0.15) is 0 Å². The van der Waals surface area contributed by atoms with E-state index in [1.165, 1.54) is 24.6 Å². The number of nitro groups is 1. The molecule has 2 aromatic carbocycles. The van der Waals surface area contributed by atoms with Crippen LogP contribution in [0.1, 0.15) is 34.3 Å². The van der Waals surface area contributed by atoms with Crippen LogP contribution >= 0.6 is 0 Å². The maximum atomic E-state index is 12.2. The highest BCUT2D eigenvalue weighted by atomic mass is 16.6. The third kappa shape index (κ3) is 3.96. The first-order valence-corrected chi connectivity index (χ1v) is 8.42. The molecule has 1 fully saturated rings. The molecule has 1 N–H and O–H groups in total. The van der Waals surface area contributed by atoms with Gasteiger partial charge in [-0.05, 0) is 43.5 Å². The van der Waals surface area contributed by atoms with Crippen molar-refractivity contribution in [3.05, 3.63) is 69.3 Å². The highest BCUT2D eigenvalue weighted by molar-refractivity contribution is 5.94. The Hall–Kier alpha value is -2.89. The van der Waals surface area contributed by atoms with E-state index in [4.69, 9.17) is 0 Å². The molecule has 25 heavy (non-hydrogen) atoms. The van der Waals surface area contributed by atoms with Gasteiger partial charge in [0.25, 0.3) is 11.6 Å². The van der Waals surface area contributed by atoms with Crippen LogP contribution < -0.4 is 10.2 Å². The van der Waals surface area contributed by atoms with Crippen molar-refractivity contribution in [3.63, 3.8) is 0 Å². The lowest BCUT2D eigenvalue weighted by Gasteiger charge is -2.17. The molecule has 1 heterocycles. The second-order valence-corrected chi connectivity index (χ2v) is 6.30. The molecular weight excluding hydrogens is 318 g/mol. The second kappa shape index (κ2) is 7.34. The van der Waals surface area contributed by atoms with Crippen molar-refractivity contribution < 1.29 is 9.72 Å². The largest absolute Gasteiger partial charge is 0.372 e. The molecule has 1 saturated heterocycles. The molecule has 1 aliphatic heterocycles. The number of amides is 1. The molecular formula is C19H21N3O3. The summed E-state index contributed by atoms with van der Waals surface area (Å²) in [5, 5.41) is 13.8. The molecule has 6 heteroatoms. The summed E-state index contributed by atoms with van der Waals surface area (Å²) in [6, 6.07) is 12.7. The van der Waals surface area contributed by atoms with Crippen LogP contribution in [0.2, 0.25) is 0 Å². The Morgan fingerprint density at radius 1 is 1.16 bits per heavy atom. The van der Waals surface area contributed by atoms with Gasteiger partial charge in [-0.2, -0.15) is 0 Å². The lowest BCUT2D eigenvalue weighted by atomic mass is 10.1. The molecule has 0 bridgehead atoms. The Morgan fingerprint density at radius 2 is 1.84 bits per heavy atom. The fraction of sp³-hybridized carbons (Fsp3) is 0.316. The van der Waals surface area contributed by atoms with Gasteiger partial charge in [0.2, 0.25) is 0 Å². The number of nitrogens with one attached hydrogen (secondary N) is 1. The average molecular weight is 339 g/mol. The number of hydrogen-bond donors (Lipinski definition) is 1. The zero-order valence-electron chi connectivity index (χ0n) is 14.2. The van der Waals surface area contributed by atoms with Crippen LogP contribution in [0.4, 0.5) is 11.4 Å². The van der Waals surface area contributed by atoms with E-state index in [0.717, 1.165) is 18.7 Å². The minimum atomic E-state index is -0.469. The molecule has 0 atom stereocenters. The van der Waals surface area contributed by atoms with Crippen LogP contribution in [0.5, 0.6) is 0 Å². The van der Waals surface area contributed by atoms with Crippen LogP contribution in [0, 0.1) is 17.0 Å². The molecule has 0 radical (unpaired) electrons. The molecule has 130 valence electrons. The van der Waals surface area contributed by atoms with E-state index in [1.54, 1.807) is 19.1 Å². The Labute approximate surface area is 146 Å². The van der Waals surface area contributed by atoms with E-state index >= 15 is 0 Å². The smallest absolute Gasteiger partial charge is 0.273 e. The summed E-state index contributed by atoms with van der Waals surface area (Å²) in [5.74, 6) is -0.313. The van der Waals surface area contributed by atoms with Gasteiger partial charge in [0, 0.05) is 42.5 Å². The third-order valence-electron chi connectivity index (χ3n) is 4.53. The molecule has 3 rings (SSSR count). The first-order valence-electron chi connectivity index (χ1n) is 8.42. The fourth-order valence-corrected chi connectivity index (χ4v) is 3.03. The molecule has 0 unspecified atom stereocenters. The Kier molecular flexibility index (Phi) is 4.97. The van der Waals surface area contributed by atoms with Gasteiger partial charge in [-0.25, -0.2) is 0 Å². The van der Waals surface area contributed by atoms with Crippen LogP contribution in [-0.4, -0.2) is 23.9 Å². The van der Waals surface area contributed by atoms with Crippen molar-refractivity contribution in [1.29, 1.82) is 0 Å². The summed E-state index contributed by atoms with van der Waals surface area (Å²) >= 11 is 0. The summed E-state index contributed by atoms with van der Waals surface area (Å²) in [7, 11) is 0. The van der Waals surface area contributed by atoms with Gasteiger partial charge in [0.15, 0.2) is 0 Å². The van der Waals surface area contributed by atoms with Crippen LogP contribution in [0.25, 0.3) is 0 Å². The van der Waals surface area contributed by atoms with Gasteiger partial charge in [0.05, 0.1) is 4.92 Å². The number of nitrogens with zero attached hydrogens (tertiary/aromatic N) is 2. The van der Waals surface area contributed by atoms with Gasteiger partial charge < -0.3 is 10.2 Å². The van der Waals surface area contributed by atoms with E-state index in [9.17, 15) is 14.9 Å². The number of carbonyl (C=O) groups excluding carboxylic acids is 1. The predicted octanol–water partition coefficient (Wildman–Crippen LogP) is 3.43. The molecule has 1 aliphatic rings. The number of nitro benzene ring substituents is 1. The molecule has 0 saturated carbocycles. The van der Waals surface area contributed by atoms with Crippen molar-refractivity contribution in [2.75, 3.05) is 18.0 Å². The Bertz CT molecular complexity index is 781. The van der Waals surface area contributed by atoms with Gasteiger partial charge in [-0.3, -0.25) is 14.9 Å². The minimum Gasteiger partial charge on any atom is -0.372 e. The van der Waals surface area contributed by atoms with E-state index < -0.39 is 4.92 Å². The van der Waals surface area contributed by atoms with E-state index in [2.05, 4.69) is 22.3 Å². The number of benzene rings is 2. The summed E-state index contributed by atoms with van der Waals surface area (Å²) in [6.07, 6.45) is 2.47. The molecule has 2 aromatic rings. The minimum absolute atomic E-state index is 0.0392. The average Bonchev–Trinajstić information content (AvgIpc) is 3.15. The van der Waals surface area contributed by atoms with Crippen LogP contribution in [-0.2, 0) is 6.54 Å². The zero-order chi connectivity index (χ0) is 17.8. The molecule has 1 amide bonds. The van der Waals surface area contributed by atoms with Crippen LogP contribution in [0.3, 0.4) is 0 Å². The lowest BCUT2D eigenvalue weighted by Crippen LogP contribution is -2.23. The number of aryl methyl sites for hydroxylation is 1. The molecule has 0 aromatic heterocycles. The topological polar surface area (TPSA) is 75.5 Å². The number of hydrogen-bond acceptors (Lipinski definition) is 4. The van der Waals surface area contributed by atoms with Crippen molar-refractivity contribution in [2.24, 2.45) is 0 Å². The quantitative estimate of drug-likeness (QED) is 0.669. The third-order valence-corrected chi connectivity index (χ3v) is 4.53. The maximum absolute atomic E-state index is 12.2. The van der Waals surface area contributed by atoms with E-state index in [-0.39, 0.29) is 11.6 Å². The second-order valence-electron chi connectivity index (χ2n) is 6.30. The summed E-state index contributed by atoms with van der Waals surface area (Å²) in [5.41, 5.74) is 3.01. The van der Waals surface area contributed by atoms with Crippen molar-refractivity contribution >= 4 is 17.3 Å². The molecule has 0 spiro atoms. The normalized spacial score (nSPS) is 13.7. The summed E-state index contributed by atoms with van der Waals surface area (Å²) in [4.78, 5) is 25.1. The van der Waals surface area contributed by atoms with Crippen molar-refractivity contribution in [2.45, 2.75) is 26.3 Å². The zero-order valence-corrected chi connectivity index (χ0v) is 14.2. The van der Waals surface area contributed by atoms with E-state index in [1.807, 2.05) is 12.1 Å². The molecule has 6 nitrogen and oxygen atoms in total. The van der Waals surface area contributed by atoms with E-state index in [0.29, 0.717) is 17.7 Å². The van der Waals surface area contributed by atoms with Gasteiger partial charge >= 0.3 is 0 Å². The van der Waals surface area contributed by atoms with Crippen molar-refractivity contribution in [1.82, 2.24) is 5.32 Å². The van der Waals surface area contributed by atoms with Gasteiger partial charge in [-0.1, -0.05) is 18.2 Å². The van der Waals surface area contributed by atoms with Crippen molar-refractivity contribution in [3.8, 4) is 0 Å². The summed E-state index contributed by atoms with van der Waals surface area (Å²) < 4.78 is 0. The Balaban J connectivity index is 1.62. The monoisotopic (exact) mass is 339 g/mol. The lowest BCUT2D eigenvalue weighted by molar-refractivity contribution is -0.385. The Morgan fingerprint density at radius 3 is 2.48 bits per heavy atom. The SMILES string of the molecule is Cc1ccc(C(=O)NCc2ccc(N3CCCC3)cc2)cc1[N+](=O)[O-]. The standard InChI is InChI=1S/C19H21N3O3/c1-14-4-7-16(12-18(14)22(24)25)19(23)20-13-15-5-8-17(9-6-15)21-10-2-3-11-21/h4-9,12H,2-3,10-11,13H2,1H3,(H,20,23). The van der Waals surface area contributed by atoms with Crippen LogP contribution in [0.15, 0.2) is 42.5 Å². The number of carbonyl (C=O) groups is 1. The first kappa shape index (κ1) is 17.0. The number of anilines is 1. The summed E-state index contributed by atoms with van der Waals surface area (Å²) in [6.45, 7) is 4.24. The highest BCUT2D eigenvalue weighted by Crippen LogP contribution is 2.21. The number of rotatable bonds is 5. The highest BCUT2D eigenvalue weighted by Gasteiger charge is 2.15. The fourth-order valence-electron chi connectivity index (χ4n) is 3.03.